The smallest absolute Gasteiger partial charge is 0.0623 e. The average Bonchev–Trinajstić information content (AvgIpc) is 2.37. The Labute approximate surface area is 126 Å². The highest BCUT2D eigenvalue weighted by molar-refractivity contribution is 4.75. The van der Waals surface area contributed by atoms with Crippen molar-refractivity contribution in [3.05, 3.63) is 0 Å². The largest absolute Gasteiger partial charge is 0.379 e. The summed E-state index contributed by atoms with van der Waals surface area (Å²) in [5.74, 6) is 0. The first-order valence-corrected chi connectivity index (χ1v) is 8.22. The molecule has 1 aliphatic heterocycles. The molecule has 1 fully saturated rings. The quantitative estimate of drug-likeness (QED) is 0.714. The second kappa shape index (κ2) is 7.77. The van der Waals surface area contributed by atoms with Crippen LogP contribution in [0, 0.1) is 5.41 Å². The minimum absolute atomic E-state index is 0.0362. The molecular weight excluding hydrogens is 248 g/mol. The maximum atomic E-state index is 5.48. The first kappa shape index (κ1) is 17.9. The molecule has 0 aliphatic carbocycles. The Morgan fingerprint density at radius 3 is 1.75 bits per heavy atom. The van der Waals surface area contributed by atoms with Crippen LogP contribution >= 0.6 is 0 Å². The zero-order valence-electron chi connectivity index (χ0n) is 14.7. The fourth-order valence-electron chi connectivity index (χ4n) is 2.56. The summed E-state index contributed by atoms with van der Waals surface area (Å²) in [5.41, 5.74) is 0.497. The summed E-state index contributed by atoms with van der Waals surface area (Å²) in [5, 5.41) is 0. The van der Waals surface area contributed by atoms with Gasteiger partial charge < -0.3 is 14.5 Å². The van der Waals surface area contributed by atoms with Gasteiger partial charge in [0.15, 0.2) is 0 Å². The van der Waals surface area contributed by atoms with Crippen molar-refractivity contribution in [2.75, 3.05) is 46.4 Å². The van der Waals surface area contributed by atoms with Crippen LogP contribution in [0.1, 0.15) is 53.9 Å². The number of hydrogen-bond acceptors (Lipinski definition) is 3. The Hall–Kier alpha value is -0.120. The van der Waals surface area contributed by atoms with E-state index in [1.54, 1.807) is 0 Å². The van der Waals surface area contributed by atoms with E-state index in [0.717, 1.165) is 6.42 Å². The first-order valence-electron chi connectivity index (χ1n) is 8.22. The van der Waals surface area contributed by atoms with Crippen molar-refractivity contribution in [3.63, 3.8) is 0 Å². The van der Waals surface area contributed by atoms with Crippen molar-refractivity contribution in [3.8, 4) is 0 Å². The first-order chi connectivity index (χ1) is 9.22. The van der Waals surface area contributed by atoms with Crippen molar-refractivity contribution in [2.45, 2.75) is 59.5 Å². The second-order valence-electron chi connectivity index (χ2n) is 8.06. The van der Waals surface area contributed by atoms with Gasteiger partial charge in [0.25, 0.3) is 0 Å². The average molecular weight is 284 g/mol. The molecule has 0 aromatic heterocycles. The van der Waals surface area contributed by atoms with E-state index < -0.39 is 0 Å². The maximum absolute atomic E-state index is 5.48. The van der Waals surface area contributed by atoms with E-state index in [9.17, 15) is 0 Å². The number of piperazine rings is 1. The molecular formula is C17H36N2O. The summed E-state index contributed by atoms with van der Waals surface area (Å²) in [7, 11) is 1.81. The summed E-state index contributed by atoms with van der Waals surface area (Å²) < 4.78 is 5.48. The van der Waals surface area contributed by atoms with Gasteiger partial charge in [0.2, 0.25) is 0 Å². The van der Waals surface area contributed by atoms with Gasteiger partial charge in [0.05, 0.1) is 5.60 Å². The highest BCUT2D eigenvalue weighted by Gasteiger charge is 2.20. The van der Waals surface area contributed by atoms with Crippen LogP contribution in [0.5, 0.6) is 0 Å². The minimum Gasteiger partial charge on any atom is -0.379 e. The van der Waals surface area contributed by atoms with Gasteiger partial charge in [-0.2, -0.15) is 0 Å². The van der Waals surface area contributed by atoms with Crippen LogP contribution in [-0.4, -0.2) is 61.8 Å². The topological polar surface area (TPSA) is 15.7 Å². The number of hydrogen-bond donors (Lipinski definition) is 0. The third kappa shape index (κ3) is 7.61. The van der Waals surface area contributed by atoms with Crippen molar-refractivity contribution in [1.29, 1.82) is 0 Å². The highest BCUT2D eigenvalue weighted by atomic mass is 16.5. The fraction of sp³-hybridized carbons (Fsp3) is 1.00. The summed E-state index contributed by atoms with van der Waals surface area (Å²) in [6.45, 7) is 18.8. The molecule has 120 valence electrons. The monoisotopic (exact) mass is 284 g/mol. The summed E-state index contributed by atoms with van der Waals surface area (Å²) in [6, 6.07) is 0. The minimum atomic E-state index is 0.0362. The van der Waals surface area contributed by atoms with Crippen molar-refractivity contribution < 1.29 is 4.74 Å². The molecule has 0 aromatic rings. The number of ether oxygens (including phenoxy) is 1. The number of nitrogens with zero attached hydrogens (tertiary/aromatic N) is 2. The van der Waals surface area contributed by atoms with Crippen LogP contribution in [0.4, 0.5) is 0 Å². The van der Waals surface area contributed by atoms with Crippen LogP contribution < -0.4 is 0 Å². The van der Waals surface area contributed by atoms with Gasteiger partial charge in [-0.25, -0.2) is 0 Å². The van der Waals surface area contributed by atoms with Crippen LogP contribution in [0.25, 0.3) is 0 Å². The van der Waals surface area contributed by atoms with Gasteiger partial charge in [-0.1, -0.05) is 20.8 Å². The van der Waals surface area contributed by atoms with Crippen LogP contribution in [-0.2, 0) is 4.74 Å². The van der Waals surface area contributed by atoms with Gasteiger partial charge in [-0.3, -0.25) is 0 Å². The molecule has 3 nitrogen and oxygen atoms in total. The lowest BCUT2D eigenvalue weighted by molar-refractivity contribution is 0.0105. The third-order valence-electron chi connectivity index (χ3n) is 4.45. The van der Waals surface area contributed by atoms with E-state index in [-0.39, 0.29) is 5.60 Å². The standard InChI is InChI=1S/C17H36N2O/c1-16(2,3)9-11-19-14-12-18(13-15-19)10-7-8-17(4,5)20-6/h7-15H2,1-6H3. The number of methoxy groups -OCH3 is 1. The molecule has 1 aliphatic rings. The van der Waals surface area contributed by atoms with Gasteiger partial charge in [0, 0.05) is 33.3 Å². The van der Waals surface area contributed by atoms with Gasteiger partial charge in [0.1, 0.15) is 0 Å². The zero-order chi connectivity index (χ0) is 15.2. The van der Waals surface area contributed by atoms with E-state index in [4.69, 9.17) is 4.74 Å². The maximum Gasteiger partial charge on any atom is 0.0623 e. The van der Waals surface area contributed by atoms with Gasteiger partial charge >= 0.3 is 0 Å². The Balaban J connectivity index is 2.13. The van der Waals surface area contributed by atoms with Crippen LogP contribution in [0.3, 0.4) is 0 Å². The molecule has 1 heterocycles. The Bertz CT molecular complexity index is 263. The van der Waals surface area contributed by atoms with E-state index in [1.807, 2.05) is 7.11 Å². The molecule has 0 atom stereocenters. The predicted molar refractivity (Wildman–Crippen MR) is 87.3 cm³/mol. The van der Waals surface area contributed by atoms with E-state index in [1.165, 1.54) is 52.1 Å². The summed E-state index contributed by atoms with van der Waals surface area (Å²) in [6.07, 6.45) is 3.69. The van der Waals surface area contributed by atoms with Crippen molar-refractivity contribution in [2.24, 2.45) is 5.41 Å². The SMILES string of the molecule is COC(C)(C)CCCN1CCN(CCC(C)(C)C)CC1. The lowest BCUT2D eigenvalue weighted by atomic mass is 9.92. The lowest BCUT2D eigenvalue weighted by Gasteiger charge is -2.36. The molecule has 0 saturated carbocycles. The van der Waals surface area contributed by atoms with Crippen LogP contribution in [0.15, 0.2) is 0 Å². The predicted octanol–water partition coefficient (Wildman–Crippen LogP) is 3.25. The van der Waals surface area contributed by atoms with E-state index in [2.05, 4.69) is 44.4 Å². The normalized spacial score (nSPS) is 19.5. The molecule has 3 heteroatoms. The summed E-state index contributed by atoms with van der Waals surface area (Å²) >= 11 is 0. The molecule has 0 N–H and O–H groups in total. The molecule has 1 rings (SSSR count). The second-order valence-corrected chi connectivity index (χ2v) is 8.06. The lowest BCUT2D eigenvalue weighted by Crippen LogP contribution is -2.47. The molecule has 0 amide bonds. The van der Waals surface area contributed by atoms with Gasteiger partial charge in [-0.05, 0) is 51.6 Å². The molecule has 0 spiro atoms. The molecule has 0 aromatic carbocycles. The Morgan fingerprint density at radius 1 is 0.800 bits per heavy atom. The highest BCUT2D eigenvalue weighted by Crippen LogP contribution is 2.19. The Kier molecular flexibility index (Phi) is 6.96. The number of rotatable bonds is 7. The molecule has 0 unspecified atom stereocenters. The van der Waals surface area contributed by atoms with Crippen LogP contribution in [0.2, 0.25) is 0 Å². The zero-order valence-corrected chi connectivity index (χ0v) is 14.7. The molecule has 1 saturated heterocycles. The van der Waals surface area contributed by atoms with Crippen molar-refractivity contribution >= 4 is 0 Å². The fourth-order valence-corrected chi connectivity index (χ4v) is 2.56. The van der Waals surface area contributed by atoms with Gasteiger partial charge in [-0.15, -0.1) is 0 Å². The van der Waals surface area contributed by atoms with Crippen molar-refractivity contribution in [1.82, 2.24) is 9.80 Å². The molecule has 0 bridgehead atoms. The van der Waals surface area contributed by atoms with E-state index >= 15 is 0 Å². The molecule has 20 heavy (non-hydrogen) atoms. The third-order valence-corrected chi connectivity index (χ3v) is 4.45. The Morgan fingerprint density at radius 2 is 1.30 bits per heavy atom. The van der Waals surface area contributed by atoms with E-state index in [0.29, 0.717) is 5.41 Å². The summed E-state index contributed by atoms with van der Waals surface area (Å²) in [4.78, 5) is 5.24. The molecule has 0 radical (unpaired) electrons.